The van der Waals surface area contributed by atoms with E-state index in [1.165, 1.54) is 18.9 Å². The predicted octanol–water partition coefficient (Wildman–Crippen LogP) is 1.34. The normalized spacial score (nSPS) is 21.5. The first-order chi connectivity index (χ1) is 7.91. The number of nitrogens with one attached hydrogen (secondary N) is 1. The Bertz CT molecular complexity index is 292. The van der Waals surface area contributed by atoms with Gasteiger partial charge in [-0.1, -0.05) is 12.5 Å². The summed E-state index contributed by atoms with van der Waals surface area (Å²) in [6.07, 6.45) is 3.68. The summed E-state index contributed by atoms with van der Waals surface area (Å²) in [6.45, 7) is 8.09. The number of aliphatic carboxylic acids is 1. The number of likely N-dealkylation sites (tertiary alicyclic amines) is 1. The first-order valence-corrected chi connectivity index (χ1v) is 6.21. The van der Waals surface area contributed by atoms with Crippen LogP contribution < -0.4 is 5.32 Å². The molecule has 1 aliphatic heterocycles. The standard InChI is InChI=1S/C13H24N2O2/c1-11(8-12(16)17)9-14-10-13(2)4-6-15(3)7-5-13/h8,14H,4-7,9-10H2,1-3H3,(H,16,17). The minimum absolute atomic E-state index is 0.357. The van der Waals surface area contributed by atoms with E-state index in [1.807, 2.05) is 6.92 Å². The van der Waals surface area contributed by atoms with E-state index < -0.39 is 5.97 Å². The highest BCUT2D eigenvalue weighted by Gasteiger charge is 2.28. The number of rotatable bonds is 5. The number of carbonyl (C=O) groups is 1. The molecule has 0 unspecified atom stereocenters. The van der Waals surface area contributed by atoms with Crippen molar-refractivity contribution in [2.24, 2.45) is 5.41 Å². The van der Waals surface area contributed by atoms with Crippen LogP contribution in [0.1, 0.15) is 26.7 Å². The lowest BCUT2D eigenvalue weighted by Crippen LogP contribution is -2.42. The van der Waals surface area contributed by atoms with Crippen molar-refractivity contribution in [1.29, 1.82) is 0 Å². The molecule has 0 aromatic rings. The Morgan fingerprint density at radius 2 is 2.06 bits per heavy atom. The SMILES string of the molecule is CC(=CC(=O)O)CNCC1(C)CCN(C)CC1. The first kappa shape index (κ1) is 14.2. The second-order valence-corrected chi connectivity index (χ2v) is 5.55. The van der Waals surface area contributed by atoms with Crippen LogP contribution in [0, 0.1) is 5.41 Å². The maximum Gasteiger partial charge on any atom is 0.328 e. The van der Waals surface area contributed by atoms with Crippen LogP contribution in [0.2, 0.25) is 0 Å². The number of carboxylic acid groups (broad SMARTS) is 1. The monoisotopic (exact) mass is 240 g/mol. The fourth-order valence-corrected chi connectivity index (χ4v) is 2.16. The first-order valence-electron chi connectivity index (χ1n) is 6.21. The van der Waals surface area contributed by atoms with E-state index in [-0.39, 0.29) is 0 Å². The maximum atomic E-state index is 10.5. The molecule has 1 aliphatic rings. The van der Waals surface area contributed by atoms with Gasteiger partial charge in [-0.15, -0.1) is 0 Å². The molecule has 4 nitrogen and oxygen atoms in total. The quantitative estimate of drug-likeness (QED) is 0.712. The van der Waals surface area contributed by atoms with Crippen LogP contribution >= 0.6 is 0 Å². The van der Waals surface area contributed by atoms with E-state index in [2.05, 4.69) is 24.2 Å². The molecule has 0 bridgehead atoms. The van der Waals surface area contributed by atoms with Gasteiger partial charge in [-0.05, 0) is 45.3 Å². The summed E-state index contributed by atoms with van der Waals surface area (Å²) in [5.41, 5.74) is 1.23. The van der Waals surface area contributed by atoms with Gasteiger partial charge in [-0.25, -0.2) is 4.79 Å². The van der Waals surface area contributed by atoms with Gasteiger partial charge in [0.05, 0.1) is 0 Å². The Morgan fingerprint density at radius 3 is 2.59 bits per heavy atom. The third kappa shape index (κ3) is 5.33. The summed E-state index contributed by atoms with van der Waals surface area (Å²) < 4.78 is 0. The summed E-state index contributed by atoms with van der Waals surface area (Å²) in [6, 6.07) is 0. The smallest absolute Gasteiger partial charge is 0.328 e. The van der Waals surface area contributed by atoms with Gasteiger partial charge in [0.2, 0.25) is 0 Å². The summed E-state index contributed by atoms with van der Waals surface area (Å²) in [7, 11) is 2.16. The molecule has 4 heteroatoms. The molecule has 0 aromatic carbocycles. The molecule has 98 valence electrons. The van der Waals surface area contributed by atoms with E-state index in [9.17, 15) is 4.79 Å². The zero-order valence-corrected chi connectivity index (χ0v) is 11.1. The lowest BCUT2D eigenvalue weighted by atomic mass is 9.80. The van der Waals surface area contributed by atoms with Crippen LogP contribution in [0.3, 0.4) is 0 Å². The number of hydrogen-bond donors (Lipinski definition) is 2. The maximum absolute atomic E-state index is 10.5. The number of hydrogen-bond acceptors (Lipinski definition) is 3. The number of piperidine rings is 1. The van der Waals surface area contributed by atoms with E-state index >= 15 is 0 Å². The molecular weight excluding hydrogens is 216 g/mol. The van der Waals surface area contributed by atoms with Gasteiger partial charge >= 0.3 is 5.97 Å². The molecular formula is C13H24N2O2. The highest BCUT2D eigenvalue weighted by molar-refractivity contribution is 5.80. The van der Waals surface area contributed by atoms with Crippen molar-refractivity contribution in [3.05, 3.63) is 11.6 Å². The van der Waals surface area contributed by atoms with Gasteiger partial charge in [0.15, 0.2) is 0 Å². The highest BCUT2D eigenvalue weighted by atomic mass is 16.4. The van der Waals surface area contributed by atoms with Gasteiger partial charge in [0, 0.05) is 19.2 Å². The van der Waals surface area contributed by atoms with Crippen molar-refractivity contribution in [1.82, 2.24) is 10.2 Å². The Balaban J connectivity index is 2.28. The van der Waals surface area contributed by atoms with Crippen LogP contribution in [0.5, 0.6) is 0 Å². The Labute approximate surface area is 104 Å². The minimum atomic E-state index is -0.866. The van der Waals surface area contributed by atoms with Crippen molar-refractivity contribution < 1.29 is 9.90 Å². The van der Waals surface area contributed by atoms with Crippen molar-refractivity contribution >= 4 is 5.97 Å². The highest BCUT2D eigenvalue weighted by Crippen LogP contribution is 2.29. The number of nitrogens with zero attached hydrogens (tertiary/aromatic N) is 1. The van der Waals surface area contributed by atoms with Gasteiger partial charge in [-0.2, -0.15) is 0 Å². The van der Waals surface area contributed by atoms with E-state index in [4.69, 9.17) is 5.11 Å². The second-order valence-electron chi connectivity index (χ2n) is 5.55. The predicted molar refractivity (Wildman–Crippen MR) is 69.1 cm³/mol. The van der Waals surface area contributed by atoms with Gasteiger partial charge < -0.3 is 15.3 Å². The minimum Gasteiger partial charge on any atom is -0.478 e. The second kappa shape index (κ2) is 6.17. The van der Waals surface area contributed by atoms with Gasteiger partial charge in [-0.3, -0.25) is 0 Å². The zero-order valence-electron chi connectivity index (χ0n) is 11.1. The molecule has 0 amide bonds. The molecule has 0 aliphatic carbocycles. The van der Waals surface area contributed by atoms with Crippen molar-refractivity contribution in [2.45, 2.75) is 26.7 Å². The average molecular weight is 240 g/mol. The lowest BCUT2D eigenvalue weighted by molar-refractivity contribution is -0.131. The molecule has 1 saturated heterocycles. The molecule has 0 radical (unpaired) electrons. The van der Waals surface area contributed by atoms with Crippen LogP contribution in [0.15, 0.2) is 11.6 Å². The fraction of sp³-hybridized carbons (Fsp3) is 0.769. The van der Waals surface area contributed by atoms with Crippen molar-refractivity contribution in [3.8, 4) is 0 Å². The van der Waals surface area contributed by atoms with Crippen molar-refractivity contribution in [2.75, 3.05) is 33.2 Å². The molecule has 0 spiro atoms. The zero-order chi connectivity index (χ0) is 12.9. The molecule has 1 fully saturated rings. The van der Waals surface area contributed by atoms with Crippen LogP contribution in [-0.2, 0) is 4.79 Å². The fourth-order valence-electron chi connectivity index (χ4n) is 2.16. The molecule has 17 heavy (non-hydrogen) atoms. The molecule has 0 atom stereocenters. The lowest BCUT2D eigenvalue weighted by Gasteiger charge is -2.38. The molecule has 1 heterocycles. The van der Waals surface area contributed by atoms with Crippen molar-refractivity contribution in [3.63, 3.8) is 0 Å². The van der Waals surface area contributed by atoms with Gasteiger partial charge in [0.25, 0.3) is 0 Å². The molecule has 0 aromatic heterocycles. The Kier molecular flexibility index (Phi) is 5.15. The molecule has 0 saturated carbocycles. The summed E-state index contributed by atoms with van der Waals surface area (Å²) >= 11 is 0. The number of carboxylic acids is 1. The summed E-state index contributed by atoms with van der Waals surface area (Å²) in [4.78, 5) is 12.8. The third-order valence-electron chi connectivity index (χ3n) is 3.52. The van der Waals surface area contributed by atoms with Crippen LogP contribution in [-0.4, -0.2) is 49.2 Å². The van der Waals surface area contributed by atoms with E-state index in [0.717, 1.165) is 25.2 Å². The topological polar surface area (TPSA) is 52.6 Å². The summed E-state index contributed by atoms with van der Waals surface area (Å²) in [5, 5.41) is 12.0. The van der Waals surface area contributed by atoms with E-state index in [0.29, 0.717) is 12.0 Å². The summed E-state index contributed by atoms with van der Waals surface area (Å²) in [5.74, 6) is -0.866. The largest absolute Gasteiger partial charge is 0.478 e. The third-order valence-corrected chi connectivity index (χ3v) is 3.52. The molecule has 1 rings (SSSR count). The van der Waals surface area contributed by atoms with E-state index in [1.54, 1.807) is 0 Å². The average Bonchev–Trinajstić information content (AvgIpc) is 2.22. The Morgan fingerprint density at radius 1 is 1.47 bits per heavy atom. The molecule has 2 N–H and O–H groups in total. The van der Waals surface area contributed by atoms with Crippen LogP contribution in [0.4, 0.5) is 0 Å². The Hall–Kier alpha value is -0.870. The van der Waals surface area contributed by atoms with Gasteiger partial charge in [0.1, 0.15) is 0 Å². The van der Waals surface area contributed by atoms with Crippen LogP contribution in [0.25, 0.3) is 0 Å².